The maximum absolute atomic E-state index is 13.3. The molecular weight excluding hydrogens is 431 g/mol. The molecule has 0 atom stereocenters. The minimum Gasteiger partial charge on any atom is -0.495 e. The van der Waals surface area contributed by atoms with E-state index in [1.54, 1.807) is 48.5 Å². The van der Waals surface area contributed by atoms with Gasteiger partial charge in [-0.1, -0.05) is 41.4 Å². The van der Waals surface area contributed by atoms with E-state index in [2.05, 4.69) is 5.32 Å². The zero-order valence-corrected chi connectivity index (χ0v) is 17.4. The lowest BCUT2D eigenvalue weighted by Gasteiger charge is -2.16. The minimum atomic E-state index is -0.488. The summed E-state index contributed by atoms with van der Waals surface area (Å²) >= 11 is 13.8. The molecule has 0 fully saturated rings. The van der Waals surface area contributed by atoms with E-state index in [0.717, 1.165) is 4.90 Å². The molecule has 1 aliphatic heterocycles. The minimum absolute atomic E-state index is 0.165. The van der Waals surface area contributed by atoms with Crippen molar-refractivity contribution in [2.24, 2.45) is 0 Å². The van der Waals surface area contributed by atoms with Gasteiger partial charge in [0.2, 0.25) is 0 Å². The van der Waals surface area contributed by atoms with Gasteiger partial charge in [0.05, 0.1) is 28.4 Å². The highest BCUT2D eigenvalue weighted by Crippen LogP contribution is 2.38. The van der Waals surface area contributed by atoms with Gasteiger partial charge < -0.3 is 10.1 Å². The van der Waals surface area contributed by atoms with Crippen molar-refractivity contribution in [1.82, 2.24) is 0 Å². The van der Waals surface area contributed by atoms with Crippen LogP contribution in [0.3, 0.4) is 0 Å². The number of imide groups is 1. The molecule has 1 aromatic heterocycles. The third-order valence-corrected chi connectivity index (χ3v) is 5.87. The number of nitrogens with zero attached hydrogens (tertiary/aromatic N) is 1. The first-order valence-corrected chi connectivity index (χ1v) is 10.2. The second-order valence-corrected chi connectivity index (χ2v) is 7.86. The average molecular weight is 445 g/mol. The molecule has 0 saturated heterocycles. The number of carbonyl (C=O) groups is 2. The summed E-state index contributed by atoms with van der Waals surface area (Å²) in [5, 5.41) is 5.61. The first-order valence-electron chi connectivity index (χ1n) is 8.53. The number of hydrogen-bond donors (Lipinski definition) is 1. The van der Waals surface area contributed by atoms with Crippen molar-refractivity contribution in [3.63, 3.8) is 0 Å². The number of hydrogen-bond acceptors (Lipinski definition) is 5. The molecule has 3 aromatic rings. The van der Waals surface area contributed by atoms with Crippen LogP contribution in [0.2, 0.25) is 10.0 Å². The Balaban J connectivity index is 1.80. The van der Waals surface area contributed by atoms with Crippen LogP contribution in [-0.4, -0.2) is 18.9 Å². The molecule has 29 heavy (non-hydrogen) atoms. The number of halogens is 2. The van der Waals surface area contributed by atoms with Crippen LogP contribution in [0, 0.1) is 0 Å². The number of ether oxygens (including phenoxy) is 1. The highest BCUT2D eigenvalue weighted by Gasteiger charge is 2.41. The third kappa shape index (κ3) is 3.51. The predicted molar refractivity (Wildman–Crippen MR) is 117 cm³/mol. The van der Waals surface area contributed by atoms with Crippen molar-refractivity contribution in [1.29, 1.82) is 0 Å². The monoisotopic (exact) mass is 444 g/mol. The Bertz CT molecular complexity index is 1140. The van der Waals surface area contributed by atoms with E-state index in [4.69, 9.17) is 27.9 Å². The molecule has 0 bridgehead atoms. The lowest BCUT2D eigenvalue weighted by atomic mass is 10.2. The maximum atomic E-state index is 13.3. The number of benzene rings is 2. The molecule has 1 aliphatic rings. The highest BCUT2D eigenvalue weighted by atomic mass is 35.5. The largest absolute Gasteiger partial charge is 0.495 e. The first kappa shape index (κ1) is 19.5. The van der Waals surface area contributed by atoms with Gasteiger partial charge in [0.15, 0.2) is 0 Å². The lowest BCUT2D eigenvalue weighted by molar-refractivity contribution is -0.120. The van der Waals surface area contributed by atoms with Crippen LogP contribution in [-0.2, 0) is 9.59 Å². The van der Waals surface area contributed by atoms with Gasteiger partial charge in [0, 0.05) is 10.6 Å². The fourth-order valence-electron chi connectivity index (χ4n) is 3.04. The predicted octanol–water partition coefficient (Wildman–Crippen LogP) is 5.46. The standard InChI is InChI=1S/C21H14Cl2N2O3S/c1-28-16-9-8-12(11-14(16)23)24-19-18(17-7-4-10-29-17)20(26)25(21(19)27)15-6-3-2-5-13(15)22/h2-11,24H,1H3. The van der Waals surface area contributed by atoms with Crippen LogP contribution in [0.5, 0.6) is 5.75 Å². The second kappa shape index (κ2) is 7.91. The summed E-state index contributed by atoms with van der Waals surface area (Å²) < 4.78 is 5.16. The Morgan fingerprint density at radius 3 is 2.41 bits per heavy atom. The number of nitrogens with one attached hydrogen (secondary N) is 1. The van der Waals surface area contributed by atoms with Crippen molar-refractivity contribution in [3.05, 3.63) is 80.6 Å². The van der Waals surface area contributed by atoms with Crippen molar-refractivity contribution in [3.8, 4) is 5.75 Å². The maximum Gasteiger partial charge on any atom is 0.282 e. The first-order chi connectivity index (χ1) is 14.0. The van der Waals surface area contributed by atoms with E-state index in [0.29, 0.717) is 32.0 Å². The van der Waals surface area contributed by atoms with Crippen LogP contribution in [0.15, 0.2) is 65.7 Å². The van der Waals surface area contributed by atoms with Gasteiger partial charge in [-0.15, -0.1) is 11.3 Å². The zero-order chi connectivity index (χ0) is 20.5. The molecule has 4 rings (SSSR count). The lowest BCUT2D eigenvalue weighted by Crippen LogP contribution is -2.32. The number of rotatable bonds is 5. The van der Waals surface area contributed by atoms with Crippen molar-refractivity contribution < 1.29 is 14.3 Å². The third-order valence-electron chi connectivity index (χ3n) is 4.37. The van der Waals surface area contributed by atoms with E-state index in [1.807, 2.05) is 11.4 Å². The fourth-order valence-corrected chi connectivity index (χ4v) is 4.28. The van der Waals surface area contributed by atoms with Crippen molar-refractivity contribution in [2.45, 2.75) is 0 Å². The number of para-hydroxylation sites is 1. The van der Waals surface area contributed by atoms with Crippen molar-refractivity contribution >= 4 is 63.3 Å². The highest BCUT2D eigenvalue weighted by molar-refractivity contribution is 7.11. The van der Waals surface area contributed by atoms with Crippen LogP contribution in [0.25, 0.3) is 5.57 Å². The summed E-state index contributed by atoms with van der Waals surface area (Å²) in [7, 11) is 1.52. The summed E-state index contributed by atoms with van der Waals surface area (Å²) in [6.07, 6.45) is 0. The summed E-state index contributed by atoms with van der Waals surface area (Å²) in [4.78, 5) is 28.3. The molecular formula is C21H14Cl2N2O3S. The Morgan fingerprint density at radius 1 is 0.966 bits per heavy atom. The molecule has 8 heteroatoms. The van der Waals surface area contributed by atoms with Gasteiger partial charge in [-0.3, -0.25) is 9.59 Å². The van der Waals surface area contributed by atoms with Gasteiger partial charge >= 0.3 is 0 Å². The van der Waals surface area contributed by atoms with Crippen molar-refractivity contribution in [2.75, 3.05) is 17.3 Å². The normalized spacial score (nSPS) is 14.0. The molecule has 2 amide bonds. The molecule has 0 unspecified atom stereocenters. The quantitative estimate of drug-likeness (QED) is 0.530. The molecule has 2 heterocycles. The van der Waals surface area contributed by atoms with Gasteiger partial charge in [-0.05, 0) is 41.8 Å². The van der Waals surface area contributed by atoms with Crippen LogP contribution >= 0.6 is 34.5 Å². The topological polar surface area (TPSA) is 58.6 Å². The molecule has 2 aromatic carbocycles. The number of thiophene rings is 1. The Hall–Kier alpha value is -2.80. The molecule has 1 N–H and O–H groups in total. The SMILES string of the molecule is COc1ccc(NC2=C(c3cccs3)C(=O)N(c3ccccc3Cl)C2=O)cc1Cl. The summed E-state index contributed by atoms with van der Waals surface area (Å²) in [5.74, 6) is -0.415. The summed E-state index contributed by atoms with van der Waals surface area (Å²) in [6.45, 7) is 0. The van der Waals surface area contributed by atoms with Crippen LogP contribution < -0.4 is 15.0 Å². The van der Waals surface area contributed by atoms with E-state index in [9.17, 15) is 9.59 Å². The van der Waals surface area contributed by atoms with Gasteiger partial charge in [-0.2, -0.15) is 0 Å². The van der Waals surface area contributed by atoms with Gasteiger partial charge in [0.1, 0.15) is 11.4 Å². The number of carbonyl (C=O) groups excluding carboxylic acids is 2. The number of anilines is 2. The Kier molecular flexibility index (Phi) is 5.32. The molecule has 0 radical (unpaired) electrons. The molecule has 146 valence electrons. The molecule has 5 nitrogen and oxygen atoms in total. The van der Waals surface area contributed by atoms with E-state index >= 15 is 0 Å². The fraction of sp³-hybridized carbons (Fsp3) is 0.0476. The molecule has 0 saturated carbocycles. The van der Waals surface area contributed by atoms with Crippen LogP contribution in [0.1, 0.15) is 4.88 Å². The zero-order valence-electron chi connectivity index (χ0n) is 15.1. The van der Waals surface area contributed by atoms with E-state index in [-0.39, 0.29) is 11.3 Å². The van der Waals surface area contributed by atoms with Crippen LogP contribution in [0.4, 0.5) is 11.4 Å². The molecule has 0 spiro atoms. The Labute approximate surface area is 181 Å². The number of methoxy groups -OCH3 is 1. The summed E-state index contributed by atoms with van der Waals surface area (Å²) in [5.41, 5.74) is 1.35. The summed E-state index contributed by atoms with van der Waals surface area (Å²) in [6, 6.07) is 15.4. The number of amides is 2. The Morgan fingerprint density at radius 2 is 1.76 bits per heavy atom. The second-order valence-electron chi connectivity index (χ2n) is 6.10. The van der Waals surface area contributed by atoms with Gasteiger partial charge in [-0.25, -0.2) is 4.90 Å². The molecule has 0 aliphatic carbocycles. The van der Waals surface area contributed by atoms with Gasteiger partial charge in [0.25, 0.3) is 11.8 Å². The van der Waals surface area contributed by atoms with E-state index in [1.165, 1.54) is 18.4 Å². The van der Waals surface area contributed by atoms with E-state index < -0.39 is 11.8 Å². The smallest absolute Gasteiger partial charge is 0.282 e. The average Bonchev–Trinajstić information content (AvgIpc) is 3.30.